The van der Waals surface area contributed by atoms with Gasteiger partial charge in [-0.3, -0.25) is 4.79 Å². The largest absolute Gasteiger partial charge is 0.378 e. The van der Waals surface area contributed by atoms with E-state index in [1.807, 2.05) is 6.92 Å². The number of rotatable bonds is 4. The van der Waals surface area contributed by atoms with Crippen LogP contribution in [0, 0.1) is 11.4 Å². The van der Waals surface area contributed by atoms with Crippen molar-refractivity contribution in [1.29, 1.82) is 0 Å². The first-order chi connectivity index (χ1) is 8.95. The summed E-state index contributed by atoms with van der Waals surface area (Å²) in [7, 11) is 0. The maximum Gasteiger partial charge on any atom is 0.270 e. The van der Waals surface area contributed by atoms with Crippen molar-refractivity contribution in [3.05, 3.63) is 29.8 Å². The molecule has 1 saturated carbocycles. The lowest BCUT2D eigenvalue weighted by Crippen LogP contribution is -2.62. The minimum atomic E-state index is -0.646. The van der Waals surface area contributed by atoms with Gasteiger partial charge >= 0.3 is 0 Å². The third kappa shape index (κ3) is 2.76. The number of hydrogen-bond acceptors (Lipinski definition) is 3. The van der Waals surface area contributed by atoms with Gasteiger partial charge in [0.05, 0.1) is 6.10 Å². The fourth-order valence-corrected chi connectivity index (χ4v) is 2.38. The number of aromatic nitrogens is 1. The SMILES string of the molecule is CCOC1CC(NC(=O)c2cccc(F)n2)C1(C)C. The maximum absolute atomic E-state index is 13.0. The van der Waals surface area contributed by atoms with Gasteiger partial charge in [-0.15, -0.1) is 0 Å². The molecule has 1 aliphatic rings. The average molecular weight is 266 g/mol. The highest BCUT2D eigenvalue weighted by Crippen LogP contribution is 2.42. The Kier molecular flexibility index (Phi) is 3.85. The minimum Gasteiger partial charge on any atom is -0.378 e. The second-order valence-electron chi connectivity index (χ2n) is 5.37. The Morgan fingerprint density at radius 3 is 2.89 bits per heavy atom. The lowest BCUT2D eigenvalue weighted by atomic mass is 9.64. The maximum atomic E-state index is 13.0. The molecule has 1 aromatic rings. The quantitative estimate of drug-likeness (QED) is 0.850. The molecule has 0 aromatic carbocycles. The molecule has 1 heterocycles. The first-order valence-electron chi connectivity index (χ1n) is 6.50. The van der Waals surface area contributed by atoms with Crippen LogP contribution in [0.5, 0.6) is 0 Å². The summed E-state index contributed by atoms with van der Waals surface area (Å²) in [5.41, 5.74) is -0.00502. The van der Waals surface area contributed by atoms with Crippen molar-refractivity contribution >= 4 is 5.91 Å². The predicted molar refractivity (Wildman–Crippen MR) is 69.3 cm³/mol. The topological polar surface area (TPSA) is 51.2 Å². The van der Waals surface area contributed by atoms with Crippen LogP contribution in [-0.4, -0.2) is 29.6 Å². The van der Waals surface area contributed by atoms with Crippen LogP contribution in [0.1, 0.15) is 37.7 Å². The Hall–Kier alpha value is -1.49. The van der Waals surface area contributed by atoms with Gasteiger partial charge in [-0.05, 0) is 25.5 Å². The summed E-state index contributed by atoms with van der Waals surface area (Å²) in [4.78, 5) is 15.5. The number of halogens is 1. The molecule has 0 radical (unpaired) electrons. The molecule has 1 amide bonds. The third-order valence-electron chi connectivity index (χ3n) is 3.80. The monoisotopic (exact) mass is 266 g/mol. The Labute approximate surface area is 112 Å². The van der Waals surface area contributed by atoms with Crippen LogP contribution in [-0.2, 0) is 4.74 Å². The summed E-state index contributed by atoms with van der Waals surface area (Å²) in [6.45, 7) is 6.74. The zero-order chi connectivity index (χ0) is 14.0. The van der Waals surface area contributed by atoms with Gasteiger partial charge in [-0.1, -0.05) is 19.9 Å². The summed E-state index contributed by atoms with van der Waals surface area (Å²) in [6, 6.07) is 4.23. The molecule has 1 aliphatic carbocycles. The van der Waals surface area contributed by atoms with E-state index in [-0.39, 0.29) is 29.2 Å². The fraction of sp³-hybridized carbons (Fsp3) is 0.571. The van der Waals surface area contributed by atoms with Gasteiger partial charge in [0.1, 0.15) is 5.69 Å². The van der Waals surface area contributed by atoms with Crippen molar-refractivity contribution in [1.82, 2.24) is 10.3 Å². The molecule has 1 aromatic heterocycles. The number of nitrogens with zero attached hydrogens (tertiary/aromatic N) is 1. The third-order valence-corrected chi connectivity index (χ3v) is 3.80. The van der Waals surface area contributed by atoms with Crippen LogP contribution in [0.3, 0.4) is 0 Å². The zero-order valence-electron chi connectivity index (χ0n) is 11.4. The number of carbonyl (C=O) groups is 1. The summed E-state index contributed by atoms with van der Waals surface area (Å²) in [5, 5.41) is 2.89. The van der Waals surface area contributed by atoms with Gasteiger partial charge < -0.3 is 10.1 Å². The molecule has 104 valence electrons. The van der Waals surface area contributed by atoms with E-state index in [1.165, 1.54) is 18.2 Å². The predicted octanol–water partition coefficient (Wildman–Crippen LogP) is 2.15. The zero-order valence-corrected chi connectivity index (χ0v) is 11.4. The molecule has 5 heteroatoms. The molecule has 2 unspecified atom stereocenters. The molecule has 2 atom stereocenters. The lowest BCUT2D eigenvalue weighted by Gasteiger charge is -2.51. The van der Waals surface area contributed by atoms with E-state index in [2.05, 4.69) is 24.1 Å². The van der Waals surface area contributed by atoms with Crippen LogP contribution in [0.4, 0.5) is 4.39 Å². The van der Waals surface area contributed by atoms with Crippen molar-refractivity contribution < 1.29 is 13.9 Å². The fourth-order valence-electron chi connectivity index (χ4n) is 2.38. The Bertz CT molecular complexity index is 476. The molecule has 0 bridgehead atoms. The molecular weight excluding hydrogens is 247 g/mol. The summed E-state index contributed by atoms with van der Waals surface area (Å²) >= 11 is 0. The molecule has 0 aliphatic heterocycles. The lowest BCUT2D eigenvalue weighted by molar-refractivity contribution is -0.111. The molecule has 2 rings (SSSR count). The first-order valence-corrected chi connectivity index (χ1v) is 6.50. The molecular formula is C14H19FN2O2. The Morgan fingerprint density at radius 2 is 2.32 bits per heavy atom. The van der Waals surface area contributed by atoms with E-state index in [1.54, 1.807) is 0 Å². The van der Waals surface area contributed by atoms with E-state index in [0.717, 1.165) is 6.42 Å². The van der Waals surface area contributed by atoms with E-state index in [9.17, 15) is 9.18 Å². The van der Waals surface area contributed by atoms with Gasteiger partial charge in [-0.25, -0.2) is 4.98 Å². The number of pyridine rings is 1. The van der Waals surface area contributed by atoms with Crippen molar-refractivity contribution in [2.75, 3.05) is 6.61 Å². The van der Waals surface area contributed by atoms with E-state index >= 15 is 0 Å². The van der Waals surface area contributed by atoms with Gasteiger partial charge in [-0.2, -0.15) is 4.39 Å². The standard InChI is InChI=1S/C14H19FN2O2/c1-4-19-11-8-10(14(11,2)3)17-13(18)9-6-5-7-12(15)16-9/h5-7,10-11H,4,8H2,1-3H3,(H,17,18). The summed E-state index contributed by atoms with van der Waals surface area (Å²) < 4.78 is 18.6. The van der Waals surface area contributed by atoms with Crippen LogP contribution >= 0.6 is 0 Å². The molecule has 0 saturated heterocycles. The van der Waals surface area contributed by atoms with Crippen LogP contribution < -0.4 is 5.32 Å². The highest BCUT2D eigenvalue weighted by molar-refractivity contribution is 5.92. The Morgan fingerprint density at radius 1 is 1.58 bits per heavy atom. The van der Waals surface area contributed by atoms with Gasteiger partial charge in [0.2, 0.25) is 5.95 Å². The summed E-state index contributed by atoms with van der Waals surface area (Å²) in [6.07, 6.45) is 0.935. The van der Waals surface area contributed by atoms with Gasteiger partial charge in [0, 0.05) is 18.1 Å². The first kappa shape index (κ1) is 13.9. The molecule has 4 nitrogen and oxygen atoms in total. The number of hydrogen-bond donors (Lipinski definition) is 1. The van der Waals surface area contributed by atoms with Crippen LogP contribution in [0.2, 0.25) is 0 Å². The van der Waals surface area contributed by atoms with Crippen molar-refractivity contribution in [3.8, 4) is 0 Å². The summed E-state index contributed by atoms with van der Waals surface area (Å²) in [5.74, 6) is -0.986. The van der Waals surface area contributed by atoms with Crippen LogP contribution in [0.15, 0.2) is 18.2 Å². The van der Waals surface area contributed by atoms with Crippen molar-refractivity contribution in [2.45, 2.75) is 39.3 Å². The number of carbonyl (C=O) groups excluding carboxylic acids is 1. The highest BCUT2D eigenvalue weighted by Gasteiger charge is 2.49. The van der Waals surface area contributed by atoms with E-state index < -0.39 is 5.95 Å². The second-order valence-corrected chi connectivity index (χ2v) is 5.37. The number of amides is 1. The van der Waals surface area contributed by atoms with E-state index in [0.29, 0.717) is 6.61 Å². The van der Waals surface area contributed by atoms with Crippen LogP contribution in [0.25, 0.3) is 0 Å². The molecule has 1 N–H and O–H groups in total. The van der Waals surface area contributed by atoms with Gasteiger partial charge in [0.15, 0.2) is 0 Å². The number of nitrogens with one attached hydrogen (secondary N) is 1. The Balaban J connectivity index is 1.98. The number of ether oxygens (including phenoxy) is 1. The van der Waals surface area contributed by atoms with Crippen molar-refractivity contribution in [3.63, 3.8) is 0 Å². The smallest absolute Gasteiger partial charge is 0.270 e. The second kappa shape index (κ2) is 5.25. The van der Waals surface area contributed by atoms with Gasteiger partial charge in [0.25, 0.3) is 5.91 Å². The van der Waals surface area contributed by atoms with E-state index in [4.69, 9.17) is 4.74 Å². The highest BCUT2D eigenvalue weighted by atomic mass is 19.1. The average Bonchev–Trinajstić information content (AvgIpc) is 2.37. The minimum absolute atomic E-state index is 0.0293. The molecule has 19 heavy (non-hydrogen) atoms. The van der Waals surface area contributed by atoms with Crippen molar-refractivity contribution in [2.24, 2.45) is 5.41 Å². The molecule has 0 spiro atoms. The normalized spacial score (nSPS) is 24.6. The molecule has 1 fully saturated rings.